The number of nitrogens with zero attached hydrogens (tertiary/aromatic N) is 2. The largest absolute Gasteiger partial charge is 0.436 e. The number of carbonyl (C=O) groups excluding carboxylic acids is 1. The first kappa shape index (κ1) is 19.3. The van der Waals surface area contributed by atoms with Gasteiger partial charge >= 0.3 is 6.18 Å². The van der Waals surface area contributed by atoms with Crippen LogP contribution in [-0.2, 0) is 25.2 Å². The fourth-order valence-electron chi connectivity index (χ4n) is 2.31. The van der Waals surface area contributed by atoms with E-state index in [1.54, 1.807) is 0 Å². The topological polar surface area (TPSA) is 46.9 Å². The Hall–Kier alpha value is -2.02. The summed E-state index contributed by atoms with van der Waals surface area (Å²) >= 11 is 5.70. The van der Waals surface area contributed by atoms with E-state index in [9.17, 15) is 18.0 Å². The summed E-state index contributed by atoms with van der Waals surface area (Å²) < 4.78 is 39.2. The number of hydrogen-bond donors (Lipinski definition) is 1. The van der Waals surface area contributed by atoms with Gasteiger partial charge < -0.3 is 5.32 Å². The first-order valence-corrected chi connectivity index (χ1v) is 7.96. The van der Waals surface area contributed by atoms with Gasteiger partial charge in [0.1, 0.15) is 10.7 Å². The van der Waals surface area contributed by atoms with E-state index in [0.717, 1.165) is 15.8 Å². The third kappa shape index (κ3) is 4.34. The zero-order valence-corrected chi connectivity index (χ0v) is 15.1. The summed E-state index contributed by atoms with van der Waals surface area (Å²) in [4.78, 5) is 12.2. The highest BCUT2D eigenvalue weighted by Crippen LogP contribution is 2.35. The van der Waals surface area contributed by atoms with E-state index < -0.39 is 22.8 Å². The maximum Gasteiger partial charge on any atom is 0.436 e. The fraction of sp³-hybridized carbons (Fsp3) is 0.412. The van der Waals surface area contributed by atoms with Crippen molar-refractivity contribution in [1.82, 2.24) is 15.1 Å². The normalized spacial score (nSPS) is 12.3. The Morgan fingerprint density at radius 2 is 1.76 bits per heavy atom. The van der Waals surface area contributed by atoms with Crippen LogP contribution in [0.15, 0.2) is 24.3 Å². The number of aryl methyl sites for hydroxylation is 1. The molecule has 25 heavy (non-hydrogen) atoms. The van der Waals surface area contributed by atoms with Crippen molar-refractivity contribution >= 4 is 17.5 Å². The standard InChI is InChI=1S/C17H19ClF3N3O/c1-16(2,3)11-7-5-10(6-8-11)9-22-15(25)13-12(18)14(17(19,20)21)23-24(13)4/h5-8H,9H2,1-4H3,(H,22,25). The lowest BCUT2D eigenvalue weighted by Crippen LogP contribution is -2.25. The second-order valence-electron chi connectivity index (χ2n) is 6.76. The minimum absolute atomic E-state index is 0.0119. The van der Waals surface area contributed by atoms with Crippen molar-refractivity contribution in [3.63, 3.8) is 0 Å². The number of hydrogen-bond acceptors (Lipinski definition) is 2. The third-order valence-electron chi connectivity index (χ3n) is 3.75. The molecule has 0 fully saturated rings. The molecular formula is C17H19ClF3N3O. The summed E-state index contributed by atoms with van der Waals surface area (Å²) in [5, 5.41) is 5.16. The second-order valence-corrected chi connectivity index (χ2v) is 7.14. The summed E-state index contributed by atoms with van der Waals surface area (Å²) in [6, 6.07) is 7.65. The van der Waals surface area contributed by atoms with Crippen molar-refractivity contribution in [2.24, 2.45) is 7.05 Å². The molecule has 0 bridgehead atoms. The van der Waals surface area contributed by atoms with Gasteiger partial charge in [-0.1, -0.05) is 56.6 Å². The average molecular weight is 374 g/mol. The van der Waals surface area contributed by atoms with E-state index in [1.807, 2.05) is 24.3 Å². The number of amides is 1. The van der Waals surface area contributed by atoms with Crippen molar-refractivity contribution in [3.05, 3.63) is 51.8 Å². The minimum Gasteiger partial charge on any atom is -0.347 e. The highest BCUT2D eigenvalue weighted by atomic mass is 35.5. The minimum atomic E-state index is -4.71. The van der Waals surface area contributed by atoms with E-state index in [1.165, 1.54) is 7.05 Å². The van der Waals surface area contributed by atoms with Crippen molar-refractivity contribution in [1.29, 1.82) is 0 Å². The molecule has 0 atom stereocenters. The molecule has 0 saturated carbocycles. The smallest absolute Gasteiger partial charge is 0.347 e. The summed E-state index contributed by atoms with van der Waals surface area (Å²) in [5.41, 5.74) is 0.400. The van der Waals surface area contributed by atoms with Gasteiger partial charge in [0, 0.05) is 13.6 Å². The fourth-order valence-corrected chi connectivity index (χ4v) is 2.67. The SMILES string of the molecule is Cn1nc(C(F)(F)F)c(Cl)c1C(=O)NCc1ccc(C(C)(C)C)cc1. The Morgan fingerprint density at radius 1 is 1.20 bits per heavy atom. The highest BCUT2D eigenvalue weighted by molar-refractivity contribution is 6.34. The van der Waals surface area contributed by atoms with Crippen molar-refractivity contribution in [2.45, 2.75) is 38.9 Å². The number of halogens is 4. The van der Waals surface area contributed by atoms with Crippen LogP contribution >= 0.6 is 11.6 Å². The van der Waals surface area contributed by atoms with Crippen molar-refractivity contribution in [3.8, 4) is 0 Å². The Morgan fingerprint density at radius 3 is 2.20 bits per heavy atom. The molecule has 0 saturated heterocycles. The molecule has 1 N–H and O–H groups in total. The van der Waals surface area contributed by atoms with Crippen molar-refractivity contribution in [2.75, 3.05) is 0 Å². The van der Waals surface area contributed by atoms with Crippen LogP contribution in [0, 0.1) is 0 Å². The van der Waals surface area contributed by atoms with Crippen LogP contribution in [-0.4, -0.2) is 15.7 Å². The molecule has 136 valence electrons. The van der Waals surface area contributed by atoms with Crippen LogP contribution < -0.4 is 5.32 Å². The molecule has 0 aliphatic rings. The predicted octanol–water partition coefficient (Wildman–Crippen LogP) is 4.32. The van der Waals surface area contributed by atoms with Crippen LogP contribution in [0.4, 0.5) is 13.2 Å². The Kier molecular flexibility index (Phi) is 5.18. The molecular weight excluding hydrogens is 355 g/mol. The number of aromatic nitrogens is 2. The molecule has 1 heterocycles. The van der Waals surface area contributed by atoms with Gasteiger partial charge in [0.2, 0.25) is 0 Å². The lowest BCUT2D eigenvalue weighted by atomic mass is 9.87. The molecule has 0 aliphatic heterocycles. The monoisotopic (exact) mass is 373 g/mol. The summed E-state index contributed by atoms with van der Waals surface area (Å²) in [6.45, 7) is 6.44. The zero-order valence-electron chi connectivity index (χ0n) is 14.3. The quantitative estimate of drug-likeness (QED) is 0.871. The van der Waals surface area contributed by atoms with Gasteiger partial charge in [0.15, 0.2) is 5.69 Å². The molecule has 1 aromatic heterocycles. The predicted molar refractivity (Wildman–Crippen MR) is 89.5 cm³/mol. The Balaban J connectivity index is 2.12. The Bertz CT molecular complexity index is 774. The number of rotatable bonds is 3. The molecule has 8 heteroatoms. The van der Waals surface area contributed by atoms with Crippen LogP contribution in [0.25, 0.3) is 0 Å². The van der Waals surface area contributed by atoms with E-state index in [4.69, 9.17) is 11.6 Å². The van der Waals surface area contributed by atoms with Gasteiger partial charge in [0.05, 0.1) is 0 Å². The molecule has 0 unspecified atom stereocenters. The zero-order chi connectivity index (χ0) is 19.0. The molecule has 0 radical (unpaired) electrons. The maximum absolute atomic E-state index is 12.8. The van der Waals surface area contributed by atoms with E-state index in [-0.39, 0.29) is 17.7 Å². The van der Waals surface area contributed by atoms with Gasteiger partial charge in [-0.2, -0.15) is 18.3 Å². The lowest BCUT2D eigenvalue weighted by molar-refractivity contribution is -0.141. The van der Waals surface area contributed by atoms with E-state index in [2.05, 4.69) is 31.2 Å². The average Bonchev–Trinajstić information content (AvgIpc) is 2.79. The van der Waals surface area contributed by atoms with Crippen LogP contribution in [0.2, 0.25) is 5.02 Å². The molecule has 1 amide bonds. The molecule has 1 aromatic carbocycles. The first-order valence-electron chi connectivity index (χ1n) is 7.58. The molecule has 0 aliphatic carbocycles. The van der Waals surface area contributed by atoms with Crippen molar-refractivity contribution < 1.29 is 18.0 Å². The molecule has 4 nitrogen and oxygen atoms in total. The van der Waals surface area contributed by atoms with Crippen LogP contribution in [0.3, 0.4) is 0 Å². The summed E-state index contributed by atoms with van der Waals surface area (Å²) in [5.74, 6) is -0.713. The number of benzene rings is 1. The second kappa shape index (κ2) is 6.71. The number of nitrogens with one attached hydrogen (secondary N) is 1. The highest BCUT2D eigenvalue weighted by Gasteiger charge is 2.39. The van der Waals surface area contributed by atoms with Crippen LogP contribution in [0.5, 0.6) is 0 Å². The van der Waals surface area contributed by atoms with Gasteiger partial charge in [-0.3, -0.25) is 9.48 Å². The molecule has 0 spiro atoms. The number of alkyl halides is 3. The lowest BCUT2D eigenvalue weighted by Gasteiger charge is -2.19. The third-order valence-corrected chi connectivity index (χ3v) is 4.10. The van der Waals surface area contributed by atoms with E-state index >= 15 is 0 Å². The number of carbonyl (C=O) groups is 1. The van der Waals surface area contributed by atoms with Gasteiger partial charge in [-0.15, -0.1) is 0 Å². The molecule has 2 rings (SSSR count). The summed E-state index contributed by atoms with van der Waals surface area (Å²) in [7, 11) is 1.24. The van der Waals surface area contributed by atoms with Crippen LogP contribution in [0.1, 0.15) is 48.1 Å². The summed E-state index contributed by atoms with van der Waals surface area (Å²) in [6.07, 6.45) is -4.71. The van der Waals surface area contributed by atoms with Gasteiger partial charge in [0.25, 0.3) is 5.91 Å². The Labute approximate surface area is 149 Å². The maximum atomic E-state index is 12.8. The van der Waals surface area contributed by atoms with Gasteiger partial charge in [-0.05, 0) is 16.5 Å². The first-order chi connectivity index (χ1) is 11.4. The van der Waals surface area contributed by atoms with E-state index in [0.29, 0.717) is 0 Å². The molecule has 2 aromatic rings. The van der Waals surface area contributed by atoms with Gasteiger partial charge in [-0.25, -0.2) is 0 Å².